The molecule has 1 atom stereocenters. The van der Waals surface area contributed by atoms with Crippen LogP contribution in [0.5, 0.6) is 0 Å². The Balaban J connectivity index is 1.67. The molecule has 0 saturated carbocycles. The average Bonchev–Trinajstić information content (AvgIpc) is 3.15. The van der Waals surface area contributed by atoms with Crippen LogP contribution in [0.1, 0.15) is 23.2 Å². The van der Waals surface area contributed by atoms with Gasteiger partial charge >= 0.3 is 0 Å². The Kier molecular flexibility index (Phi) is 5.61. The molecule has 10 heteroatoms. The van der Waals surface area contributed by atoms with Gasteiger partial charge in [0.25, 0.3) is 5.56 Å². The standard InChI is InChI=1S/C24H24ClFN6O2/c1-13-17(11-27-31(13)4)20-12-32(7-8-34-20)21-10-19-22(24(33)30(3)14(2)28-19)23(29-21)16-6-5-15(25)9-18(16)26/h5-6,9-11,20H,7-8,12H2,1-4H3. The summed E-state index contributed by atoms with van der Waals surface area (Å²) in [5.74, 6) is 0.613. The number of nitrogens with zero attached hydrogens (tertiary/aromatic N) is 6. The summed E-state index contributed by atoms with van der Waals surface area (Å²) in [6.45, 7) is 5.40. The maximum Gasteiger partial charge on any atom is 0.263 e. The predicted molar refractivity (Wildman–Crippen MR) is 129 cm³/mol. The number of rotatable bonds is 3. The number of halogens is 2. The van der Waals surface area contributed by atoms with Gasteiger partial charge in [0.1, 0.15) is 23.6 Å². The number of pyridine rings is 1. The number of anilines is 1. The summed E-state index contributed by atoms with van der Waals surface area (Å²) < 4.78 is 24.3. The van der Waals surface area contributed by atoms with E-state index in [1.54, 1.807) is 32.2 Å². The highest BCUT2D eigenvalue weighted by Crippen LogP contribution is 2.33. The Morgan fingerprint density at radius 2 is 1.97 bits per heavy atom. The van der Waals surface area contributed by atoms with Gasteiger partial charge in [-0.25, -0.2) is 14.4 Å². The van der Waals surface area contributed by atoms with Gasteiger partial charge in [0.05, 0.1) is 29.4 Å². The molecule has 0 aliphatic carbocycles. The summed E-state index contributed by atoms with van der Waals surface area (Å²) in [6, 6.07) is 6.14. The van der Waals surface area contributed by atoms with Crippen molar-refractivity contribution in [3.63, 3.8) is 0 Å². The highest BCUT2D eigenvalue weighted by Gasteiger charge is 2.27. The first-order chi connectivity index (χ1) is 16.2. The first-order valence-electron chi connectivity index (χ1n) is 10.9. The van der Waals surface area contributed by atoms with Crippen LogP contribution in [0.2, 0.25) is 5.02 Å². The van der Waals surface area contributed by atoms with Crippen molar-refractivity contribution in [3.8, 4) is 11.3 Å². The van der Waals surface area contributed by atoms with Gasteiger partial charge in [-0.1, -0.05) is 11.6 Å². The largest absolute Gasteiger partial charge is 0.370 e. The average molecular weight is 483 g/mol. The van der Waals surface area contributed by atoms with Crippen molar-refractivity contribution in [2.75, 3.05) is 24.6 Å². The van der Waals surface area contributed by atoms with Gasteiger partial charge in [-0.05, 0) is 32.0 Å². The highest BCUT2D eigenvalue weighted by atomic mass is 35.5. The summed E-state index contributed by atoms with van der Waals surface area (Å²) in [6.07, 6.45) is 1.63. The van der Waals surface area contributed by atoms with Crippen LogP contribution in [0.3, 0.4) is 0 Å². The number of benzene rings is 1. The molecule has 1 fully saturated rings. The lowest BCUT2D eigenvalue weighted by Gasteiger charge is -2.34. The second kappa shape index (κ2) is 8.48. The van der Waals surface area contributed by atoms with Crippen molar-refractivity contribution in [1.29, 1.82) is 0 Å². The number of ether oxygens (including phenoxy) is 1. The lowest BCUT2D eigenvalue weighted by molar-refractivity contribution is 0.0391. The molecule has 34 heavy (non-hydrogen) atoms. The monoisotopic (exact) mass is 482 g/mol. The van der Waals surface area contributed by atoms with Crippen molar-refractivity contribution in [1.82, 2.24) is 24.3 Å². The second-order valence-electron chi connectivity index (χ2n) is 8.48. The first kappa shape index (κ1) is 22.5. The molecule has 1 unspecified atom stereocenters. The van der Waals surface area contributed by atoms with Crippen molar-refractivity contribution in [2.24, 2.45) is 14.1 Å². The Morgan fingerprint density at radius 3 is 2.68 bits per heavy atom. The van der Waals surface area contributed by atoms with Gasteiger partial charge in [-0.15, -0.1) is 0 Å². The van der Waals surface area contributed by atoms with Crippen LogP contribution in [0.15, 0.2) is 35.3 Å². The van der Waals surface area contributed by atoms with Gasteiger partial charge < -0.3 is 9.64 Å². The van der Waals surface area contributed by atoms with Gasteiger partial charge in [0, 0.05) is 55.1 Å². The minimum atomic E-state index is -0.549. The van der Waals surface area contributed by atoms with E-state index < -0.39 is 5.82 Å². The van der Waals surface area contributed by atoms with Crippen molar-refractivity contribution in [3.05, 3.63) is 68.7 Å². The third-order valence-electron chi connectivity index (χ3n) is 6.47. The summed E-state index contributed by atoms with van der Waals surface area (Å²) in [4.78, 5) is 24.7. The normalized spacial score (nSPS) is 16.4. The fourth-order valence-electron chi connectivity index (χ4n) is 4.30. The Labute approximate surface area is 200 Å². The Morgan fingerprint density at radius 1 is 1.18 bits per heavy atom. The van der Waals surface area contributed by atoms with Crippen molar-refractivity contribution < 1.29 is 9.13 Å². The van der Waals surface area contributed by atoms with E-state index in [-0.39, 0.29) is 33.3 Å². The smallest absolute Gasteiger partial charge is 0.263 e. The topological polar surface area (TPSA) is 78.1 Å². The molecule has 176 valence electrons. The molecular weight excluding hydrogens is 459 g/mol. The van der Waals surface area contributed by atoms with E-state index in [0.717, 1.165) is 11.3 Å². The summed E-state index contributed by atoms with van der Waals surface area (Å²) in [5, 5.41) is 4.87. The number of morpholine rings is 1. The van der Waals surface area contributed by atoms with E-state index >= 15 is 0 Å². The number of hydrogen-bond acceptors (Lipinski definition) is 6. The molecule has 1 aromatic carbocycles. The van der Waals surface area contributed by atoms with E-state index in [1.807, 2.05) is 24.9 Å². The molecule has 1 saturated heterocycles. The fourth-order valence-corrected chi connectivity index (χ4v) is 4.46. The molecule has 1 aliphatic heterocycles. The van der Waals surface area contributed by atoms with Gasteiger partial charge in [-0.2, -0.15) is 5.10 Å². The molecular formula is C24H24ClFN6O2. The van der Waals surface area contributed by atoms with Gasteiger partial charge in [0.15, 0.2) is 0 Å². The third-order valence-corrected chi connectivity index (χ3v) is 6.70. The molecule has 0 bridgehead atoms. The van der Waals surface area contributed by atoms with E-state index in [0.29, 0.717) is 36.9 Å². The number of fused-ring (bicyclic) bond motifs is 1. The highest BCUT2D eigenvalue weighted by molar-refractivity contribution is 6.30. The fraction of sp³-hybridized carbons (Fsp3) is 0.333. The van der Waals surface area contributed by atoms with Crippen LogP contribution in [0.4, 0.5) is 10.2 Å². The summed E-state index contributed by atoms with van der Waals surface area (Å²) in [7, 11) is 3.54. The maximum atomic E-state index is 15.0. The van der Waals surface area contributed by atoms with Crippen LogP contribution >= 0.6 is 11.6 Å². The molecule has 3 aromatic heterocycles. The zero-order chi connectivity index (χ0) is 24.1. The zero-order valence-electron chi connectivity index (χ0n) is 19.3. The van der Waals surface area contributed by atoms with E-state index in [4.69, 9.17) is 21.3 Å². The molecule has 0 spiro atoms. The van der Waals surface area contributed by atoms with Gasteiger partial charge in [0.2, 0.25) is 0 Å². The molecule has 5 rings (SSSR count). The Bertz CT molecular complexity index is 1480. The van der Waals surface area contributed by atoms with E-state index in [9.17, 15) is 9.18 Å². The lowest BCUT2D eigenvalue weighted by Crippen LogP contribution is -2.39. The minimum Gasteiger partial charge on any atom is -0.370 e. The minimum absolute atomic E-state index is 0.186. The quantitative estimate of drug-likeness (QED) is 0.443. The summed E-state index contributed by atoms with van der Waals surface area (Å²) in [5.41, 5.74) is 2.68. The number of aromatic nitrogens is 5. The van der Waals surface area contributed by atoms with Crippen LogP contribution in [-0.4, -0.2) is 44.0 Å². The van der Waals surface area contributed by atoms with Gasteiger partial charge in [-0.3, -0.25) is 14.0 Å². The lowest BCUT2D eigenvalue weighted by atomic mass is 10.1. The molecule has 4 aromatic rings. The van der Waals surface area contributed by atoms with Crippen LogP contribution in [-0.2, 0) is 18.8 Å². The molecule has 0 N–H and O–H groups in total. The maximum absolute atomic E-state index is 15.0. The van der Waals surface area contributed by atoms with Crippen LogP contribution < -0.4 is 10.5 Å². The SMILES string of the molecule is Cc1c(C2CN(c3cc4nc(C)n(C)c(=O)c4c(-c4ccc(Cl)cc4F)n3)CCO2)cnn1C. The van der Waals surface area contributed by atoms with Crippen molar-refractivity contribution in [2.45, 2.75) is 20.0 Å². The van der Waals surface area contributed by atoms with Crippen LogP contribution in [0, 0.1) is 19.7 Å². The molecule has 0 amide bonds. The third kappa shape index (κ3) is 3.74. The number of hydrogen-bond donors (Lipinski definition) is 0. The predicted octanol–water partition coefficient (Wildman–Crippen LogP) is 3.72. The summed E-state index contributed by atoms with van der Waals surface area (Å²) >= 11 is 5.97. The van der Waals surface area contributed by atoms with Crippen LogP contribution in [0.25, 0.3) is 22.2 Å². The van der Waals surface area contributed by atoms with Crippen molar-refractivity contribution >= 4 is 28.3 Å². The molecule has 1 aliphatic rings. The molecule has 8 nitrogen and oxygen atoms in total. The Hall–Kier alpha value is -3.30. The van der Waals surface area contributed by atoms with E-state index in [2.05, 4.69) is 15.0 Å². The molecule has 0 radical (unpaired) electrons. The van der Waals surface area contributed by atoms with E-state index in [1.165, 1.54) is 10.6 Å². The number of aryl methyl sites for hydroxylation is 2. The first-order valence-corrected chi connectivity index (χ1v) is 11.3. The second-order valence-corrected chi connectivity index (χ2v) is 8.92. The molecule has 4 heterocycles. The zero-order valence-corrected chi connectivity index (χ0v) is 20.1.